The van der Waals surface area contributed by atoms with Crippen molar-refractivity contribution in [3.05, 3.63) is 63.9 Å². The maximum Gasteiger partial charge on any atom is 0.128 e. The highest BCUT2D eigenvalue weighted by Crippen LogP contribution is 2.40. The molecule has 4 heteroatoms. The van der Waals surface area contributed by atoms with E-state index in [2.05, 4.69) is 15.9 Å². The molecule has 0 aromatic heterocycles. The van der Waals surface area contributed by atoms with Crippen molar-refractivity contribution >= 4 is 15.9 Å². The molecule has 2 aromatic rings. The van der Waals surface area contributed by atoms with Gasteiger partial charge in [0.2, 0.25) is 0 Å². The van der Waals surface area contributed by atoms with Crippen LogP contribution in [0.4, 0.5) is 4.39 Å². The molecule has 0 saturated heterocycles. The molecule has 3 rings (SSSR count). The van der Waals surface area contributed by atoms with Crippen LogP contribution in [0.25, 0.3) is 0 Å². The molecule has 0 amide bonds. The molecule has 1 aliphatic rings. The van der Waals surface area contributed by atoms with Gasteiger partial charge in [-0.25, -0.2) is 4.39 Å². The number of nitrogens with two attached hydrogens (primary N) is 1. The molecule has 0 bridgehead atoms. The van der Waals surface area contributed by atoms with Gasteiger partial charge in [0.25, 0.3) is 0 Å². The van der Waals surface area contributed by atoms with Crippen LogP contribution in [0.3, 0.4) is 0 Å². The first-order valence-electron chi connectivity index (χ1n) is 6.09. The summed E-state index contributed by atoms with van der Waals surface area (Å²) in [6.07, 6.45) is 0. The van der Waals surface area contributed by atoms with Gasteiger partial charge in [0.1, 0.15) is 11.6 Å². The Labute approximate surface area is 119 Å². The largest absolute Gasteiger partial charge is 0.493 e. The van der Waals surface area contributed by atoms with Crippen LogP contribution in [0.1, 0.15) is 23.1 Å². The van der Waals surface area contributed by atoms with Gasteiger partial charge in [0, 0.05) is 27.6 Å². The van der Waals surface area contributed by atoms with Crippen LogP contribution in [-0.4, -0.2) is 6.61 Å². The van der Waals surface area contributed by atoms with Gasteiger partial charge in [-0.05, 0) is 24.3 Å². The predicted molar refractivity (Wildman–Crippen MR) is 75.7 cm³/mol. The molecule has 19 heavy (non-hydrogen) atoms. The Kier molecular flexibility index (Phi) is 3.29. The smallest absolute Gasteiger partial charge is 0.128 e. The molecule has 98 valence electrons. The monoisotopic (exact) mass is 321 g/mol. The summed E-state index contributed by atoms with van der Waals surface area (Å²) in [4.78, 5) is 0. The van der Waals surface area contributed by atoms with Crippen LogP contribution in [0, 0.1) is 5.82 Å². The fourth-order valence-corrected chi connectivity index (χ4v) is 2.85. The lowest BCUT2D eigenvalue weighted by molar-refractivity contribution is 0.313. The molecule has 0 saturated carbocycles. The van der Waals surface area contributed by atoms with E-state index in [-0.39, 0.29) is 11.7 Å². The molecule has 0 spiro atoms. The van der Waals surface area contributed by atoms with Crippen molar-refractivity contribution in [2.75, 3.05) is 6.61 Å². The molecule has 2 N–H and O–H groups in total. The fourth-order valence-electron chi connectivity index (χ4n) is 2.47. The lowest BCUT2D eigenvalue weighted by atomic mass is 9.89. The number of ether oxygens (including phenoxy) is 1. The van der Waals surface area contributed by atoms with E-state index in [4.69, 9.17) is 10.5 Å². The summed E-state index contributed by atoms with van der Waals surface area (Å²) >= 11 is 3.35. The fraction of sp³-hybridized carbons (Fsp3) is 0.200. The number of hydrogen-bond donors (Lipinski definition) is 1. The van der Waals surface area contributed by atoms with Gasteiger partial charge < -0.3 is 10.5 Å². The SMILES string of the molecule is NC(c1cc(Br)ccc1F)C1COc2ccccc21. The summed E-state index contributed by atoms with van der Waals surface area (Å²) < 4.78 is 20.3. The number of benzene rings is 2. The third-order valence-electron chi connectivity index (χ3n) is 3.49. The molecule has 2 aromatic carbocycles. The van der Waals surface area contributed by atoms with Crippen LogP contribution in [-0.2, 0) is 0 Å². The molecule has 0 radical (unpaired) electrons. The maximum absolute atomic E-state index is 13.9. The molecule has 0 aliphatic carbocycles. The summed E-state index contributed by atoms with van der Waals surface area (Å²) in [7, 11) is 0. The van der Waals surface area contributed by atoms with E-state index in [1.807, 2.05) is 24.3 Å². The van der Waals surface area contributed by atoms with E-state index in [1.54, 1.807) is 12.1 Å². The summed E-state index contributed by atoms with van der Waals surface area (Å²) in [5.41, 5.74) is 7.81. The standard InChI is InChI=1S/C15H13BrFNO/c16-9-5-6-13(17)11(7-9)15(18)12-8-19-14-4-2-1-3-10(12)14/h1-7,12,15H,8,18H2. The first-order valence-corrected chi connectivity index (χ1v) is 6.88. The van der Waals surface area contributed by atoms with Gasteiger partial charge in [0.15, 0.2) is 0 Å². The highest BCUT2D eigenvalue weighted by atomic mass is 79.9. The first-order chi connectivity index (χ1) is 9.16. The van der Waals surface area contributed by atoms with Crippen LogP contribution >= 0.6 is 15.9 Å². The minimum Gasteiger partial charge on any atom is -0.493 e. The van der Waals surface area contributed by atoms with E-state index < -0.39 is 6.04 Å². The van der Waals surface area contributed by atoms with E-state index in [0.717, 1.165) is 15.8 Å². The second kappa shape index (κ2) is 4.94. The predicted octanol–water partition coefficient (Wildman–Crippen LogP) is 3.76. The summed E-state index contributed by atoms with van der Waals surface area (Å²) in [6, 6.07) is 12.2. The van der Waals surface area contributed by atoms with Crippen LogP contribution in [0.15, 0.2) is 46.9 Å². The molecule has 1 heterocycles. The third-order valence-corrected chi connectivity index (χ3v) is 3.98. The van der Waals surface area contributed by atoms with Crippen molar-refractivity contribution in [1.82, 2.24) is 0 Å². The van der Waals surface area contributed by atoms with E-state index in [9.17, 15) is 4.39 Å². The van der Waals surface area contributed by atoms with Gasteiger partial charge in [-0.2, -0.15) is 0 Å². The molecule has 2 unspecified atom stereocenters. The van der Waals surface area contributed by atoms with E-state index in [0.29, 0.717) is 12.2 Å². The maximum atomic E-state index is 13.9. The number of para-hydroxylation sites is 1. The summed E-state index contributed by atoms with van der Waals surface area (Å²) in [5, 5.41) is 0. The van der Waals surface area contributed by atoms with Crippen LogP contribution in [0.2, 0.25) is 0 Å². The average Bonchev–Trinajstić information content (AvgIpc) is 2.84. The third kappa shape index (κ3) is 2.26. The molecule has 2 atom stereocenters. The Hall–Kier alpha value is -1.39. The summed E-state index contributed by atoms with van der Waals surface area (Å²) in [6.45, 7) is 0.493. The lowest BCUT2D eigenvalue weighted by Gasteiger charge is -2.19. The van der Waals surface area contributed by atoms with Crippen molar-refractivity contribution in [3.63, 3.8) is 0 Å². The molecule has 2 nitrogen and oxygen atoms in total. The Bertz CT molecular complexity index is 617. The van der Waals surface area contributed by atoms with Crippen LogP contribution in [0.5, 0.6) is 5.75 Å². The van der Waals surface area contributed by atoms with Crippen molar-refractivity contribution in [1.29, 1.82) is 0 Å². The normalized spacial score (nSPS) is 18.8. The molecule has 0 fully saturated rings. The zero-order chi connectivity index (χ0) is 13.4. The highest BCUT2D eigenvalue weighted by Gasteiger charge is 2.31. The number of rotatable bonds is 2. The zero-order valence-electron chi connectivity index (χ0n) is 10.1. The Morgan fingerprint density at radius 3 is 2.89 bits per heavy atom. The van der Waals surface area contributed by atoms with Crippen molar-refractivity contribution in [2.24, 2.45) is 5.73 Å². The van der Waals surface area contributed by atoms with E-state index >= 15 is 0 Å². The second-order valence-electron chi connectivity index (χ2n) is 4.65. The Morgan fingerprint density at radius 1 is 1.26 bits per heavy atom. The lowest BCUT2D eigenvalue weighted by Crippen LogP contribution is -2.22. The quantitative estimate of drug-likeness (QED) is 0.914. The minimum absolute atomic E-state index is 0.0139. The Balaban J connectivity index is 1.97. The van der Waals surface area contributed by atoms with E-state index in [1.165, 1.54) is 6.07 Å². The first kappa shape index (κ1) is 12.6. The van der Waals surface area contributed by atoms with Gasteiger partial charge in [-0.1, -0.05) is 34.1 Å². The van der Waals surface area contributed by atoms with Crippen molar-refractivity contribution in [3.8, 4) is 5.75 Å². The number of hydrogen-bond acceptors (Lipinski definition) is 2. The molecular formula is C15H13BrFNO. The molecular weight excluding hydrogens is 309 g/mol. The van der Waals surface area contributed by atoms with Crippen molar-refractivity contribution in [2.45, 2.75) is 12.0 Å². The number of halogens is 2. The minimum atomic E-state index is -0.416. The zero-order valence-corrected chi connectivity index (χ0v) is 11.7. The molecule has 1 aliphatic heterocycles. The van der Waals surface area contributed by atoms with Gasteiger partial charge in [-0.3, -0.25) is 0 Å². The highest BCUT2D eigenvalue weighted by molar-refractivity contribution is 9.10. The Morgan fingerprint density at radius 2 is 2.05 bits per heavy atom. The van der Waals surface area contributed by atoms with Crippen molar-refractivity contribution < 1.29 is 9.13 Å². The van der Waals surface area contributed by atoms with Gasteiger partial charge in [-0.15, -0.1) is 0 Å². The average molecular weight is 322 g/mol. The second-order valence-corrected chi connectivity index (χ2v) is 5.56. The summed E-state index contributed by atoms with van der Waals surface area (Å²) in [5.74, 6) is 0.554. The topological polar surface area (TPSA) is 35.2 Å². The number of fused-ring (bicyclic) bond motifs is 1. The van der Waals surface area contributed by atoms with Crippen LogP contribution < -0.4 is 10.5 Å². The van der Waals surface area contributed by atoms with Gasteiger partial charge >= 0.3 is 0 Å². The van der Waals surface area contributed by atoms with Gasteiger partial charge in [0.05, 0.1) is 6.61 Å².